The average molecular weight is 475 g/mol. The average Bonchev–Trinajstić information content (AvgIpc) is 3.15. The lowest BCUT2D eigenvalue weighted by Gasteiger charge is -2.48. The minimum absolute atomic E-state index is 0.0189. The van der Waals surface area contributed by atoms with Gasteiger partial charge in [-0.3, -0.25) is 0 Å². The third kappa shape index (κ3) is 3.74. The standard InChI is InChI=1S/C23H27FN4O4S/c1-14(2)12-33(29,30)28-9-7-20-18(11-28)23(13-31-22(25)27-23)17-10-15(5-6-19(17)32-20)16-4-3-8-26-21(16)24/h3-6,8,10,14,18,20H,7,9,11-13H2,1-2H3,(H2,25,27)/t18-,20?,23+/m0/s1. The number of ether oxygens (including phenoxy) is 2. The Bertz CT molecular complexity index is 1220. The molecular formula is C23H27FN4O4S. The zero-order valence-corrected chi connectivity index (χ0v) is 19.4. The summed E-state index contributed by atoms with van der Waals surface area (Å²) in [6, 6.07) is 8.82. The number of piperidine rings is 1. The first-order chi connectivity index (χ1) is 15.7. The maximum atomic E-state index is 14.4. The van der Waals surface area contributed by atoms with Gasteiger partial charge in [-0.2, -0.15) is 4.39 Å². The topological polar surface area (TPSA) is 107 Å². The predicted molar refractivity (Wildman–Crippen MR) is 122 cm³/mol. The number of hydrogen-bond donors (Lipinski definition) is 1. The number of benzene rings is 1. The monoisotopic (exact) mass is 474 g/mol. The van der Waals surface area contributed by atoms with Crippen LogP contribution in [0, 0.1) is 17.8 Å². The molecule has 2 aromatic rings. The van der Waals surface area contributed by atoms with Gasteiger partial charge in [-0.1, -0.05) is 19.9 Å². The number of rotatable bonds is 4. The number of halogens is 1. The van der Waals surface area contributed by atoms with Gasteiger partial charge in [-0.25, -0.2) is 22.7 Å². The van der Waals surface area contributed by atoms with E-state index >= 15 is 0 Å². The van der Waals surface area contributed by atoms with Crippen molar-refractivity contribution in [3.05, 3.63) is 48.0 Å². The summed E-state index contributed by atoms with van der Waals surface area (Å²) in [5.74, 6) is -0.136. The zero-order chi connectivity index (χ0) is 23.4. The Balaban J connectivity index is 1.59. The highest BCUT2D eigenvalue weighted by molar-refractivity contribution is 7.89. The molecule has 0 aliphatic carbocycles. The summed E-state index contributed by atoms with van der Waals surface area (Å²) >= 11 is 0. The fourth-order valence-corrected chi connectivity index (χ4v) is 6.98. The first-order valence-electron chi connectivity index (χ1n) is 11.1. The van der Waals surface area contributed by atoms with Gasteiger partial charge in [-0.05, 0) is 42.2 Å². The van der Waals surface area contributed by atoms with Gasteiger partial charge in [0, 0.05) is 36.3 Å². The van der Waals surface area contributed by atoms with Crippen LogP contribution >= 0.6 is 0 Å². The van der Waals surface area contributed by atoms with Crippen LogP contribution in [0.5, 0.6) is 5.75 Å². The second kappa shape index (κ2) is 7.95. The molecule has 2 N–H and O–H groups in total. The van der Waals surface area contributed by atoms with Crippen molar-refractivity contribution in [1.82, 2.24) is 9.29 Å². The van der Waals surface area contributed by atoms with Crippen molar-refractivity contribution < 1.29 is 22.3 Å². The Morgan fingerprint density at radius 1 is 1.33 bits per heavy atom. The van der Waals surface area contributed by atoms with Gasteiger partial charge in [0.2, 0.25) is 16.0 Å². The van der Waals surface area contributed by atoms with Crippen molar-refractivity contribution in [2.24, 2.45) is 22.6 Å². The fraction of sp³-hybridized carbons (Fsp3) is 0.478. The molecule has 8 nitrogen and oxygen atoms in total. The molecule has 1 aromatic carbocycles. The normalized spacial score (nSPS) is 27.0. The molecule has 5 rings (SSSR count). The van der Waals surface area contributed by atoms with Gasteiger partial charge in [0.05, 0.1) is 5.75 Å². The molecule has 1 saturated heterocycles. The van der Waals surface area contributed by atoms with E-state index in [4.69, 9.17) is 20.2 Å². The zero-order valence-electron chi connectivity index (χ0n) is 18.6. The van der Waals surface area contributed by atoms with Crippen LogP contribution in [0.25, 0.3) is 11.1 Å². The molecule has 10 heteroatoms. The highest BCUT2D eigenvalue weighted by Crippen LogP contribution is 2.51. The summed E-state index contributed by atoms with van der Waals surface area (Å²) in [6.07, 6.45) is 1.70. The second-order valence-electron chi connectivity index (χ2n) is 9.30. The van der Waals surface area contributed by atoms with Crippen molar-refractivity contribution >= 4 is 16.0 Å². The first-order valence-corrected chi connectivity index (χ1v) is 12.7. The molecule has 0 saturated carbocycles. The van der Waals surface area contributed by atoms with Gasteiger partial charge in [0.1, 0.15) is 24.0 Å². The van der Waals surface area contributed by atoms with Crippen molar-refractivity contribution in [2.45, 2.75) is 31.9 Å². The Morgan fingerprint density at radius 3 is 2.85 bits per heavy atom. The minimum Gasteiger partial charge on any atom is -0.490 e. The number of nitrogens with two attached hydrogens (primary N) is 1. The highest BCUT2D eigenvalue weighted by Gasteiger charge is 2.56. The number of pyridine rings is 1. The lowest BCUT2D eigenvalue weighted by Crippen LogP contribution is -2.58. The first kappa shape index (κ1) is 22.1. The van der Waals surface area contributed by atoms with Gasteiger partial charge < -0.3 is 15.2 Å². The van der Waals surface area contributed by atoms with E-state index in [2.05, 4.69) is 4.98 Å². The Kier molecular flexibility index (Phi) is 5.32. The molecule has 1 aromatic heterocycles. The van der Waals surface area contributed by atoms with E-state index in [-0.39, 0.29) is 42.9 Å². The summed E-state index contributed by atoms with van der Waals surface area (Å²) in [5.41, 5.74) is 6.75. The van der Waals surface area contributed by atoms with Crippen LogP contribution in [0.2, 0.25) is 0 Å². The lowest BCUT2D eigenvalue weighted by molar-refractivity contribution is -0.00350. The minimum atomic E-state index is -3.43. The van der Waals surface area contributed by atoms with E-state index in [0.717, 1.165) is 0 Å². The summed E-state index contributed by atoms with van der Waals surface area (Å²) in [7, 11) is -3.43. The van der Waals surface area contributed by atoms with Gasteiger partial charge >= 0.3 is 0 Å². The molecule has 3 atom stereocenters. The molecule has 0 radical (unpaired) electrons. The number of fused-ring (bicyclic) bond motifs is 4. The van der Waals surface area contributed by atoms with Crippen LogP contribution in [-0.2, 0) is 20.3 Å². The molecule has 33 heavy (non-hydrogen) atoms. The van der Waals surface area contributed by atoms with Crippen LogP contribution in [0.15, 0.2) is 41.5 Å². The molecule has 1 fully saturated rings. The van der Waals surface area contributed by atoms with Gasteiger partial charge in [-0.15, -0.1) is 0 Å². The third-order valence-electron chi connectivity index (χ3n) is 6.61. The quantitative estimate of drug-likeness (QED) is 0.683. The molecule has 3 aliphatic heterocycles. The van der Waals surface area contributed by atoms with Crippen molar-refractivity contribution in [2.75, 3.05) is 25.4 Å². The second-order valence-corrected chi connectivity index (χ2v) is 11.3. The van der Waals surface area contributed by atoms with Crippen molar-refractivity contribution in [3.63, 3.8) is 0 Å². The number of aliphatic imine (C=N–C) groups is 1. The molecule has 176 valence electrons. The van der Waals surface area contributed by atoms with E-state index in [1.165, 1.54) is 6.20 Å². The summed E-state index contributed by atoms with van der Waals surface area (Å²) in [4.78, 5) is 8.45. The smallest absolute Gasteiger partial charge is 0.283 e. The van der Waals surface area contributed by atoms with Crippen LogP contribution in [0.1, 0.15) is 25.8 Å². The molecule has 0 amide bonds. The maximum absolute atomic E-state index is 14.4. The molecule has 1 spiro atoms. The Labute approximate surface area is 192 Å². The summed E-state index contributed by atoms with van der Waals surface area (Å²) < 4.78 is 53.9. The molecule has 4 heterocycles. The molecular weight excluding hydrogens is 447 g/mol. The van der Waals surface area contributed by atoms with Gasteiger partial charge in [0.25, 0.3) is 6.02 Å². The van der Waals surface area contributed by atoms with Crippen molar-refractivity contribution in [3.8, 4) is 16.9 Å². The number of sulfonamides is 1. The Morgan fingerprint density at radius 2 is 2.15 bits per heavy atom. The van der Waals surface area contributed by atoms with E-state index in [1.54, 1.807) is 28.6 Å². The summed E-state index contributed by atoms with van der Waals surface area (Å²) in [5, 5.41) is 0. The van der Waals surface area contributed by atoms with Crippen LogP contribution in [-0.4, -0.2) is 55.3 Å². The highest BCUT2D eigenvalue weighted by atomic mass is 32.2. The number of hydrogen-bond acceptors (Lipinski definition) is 7. The van der Waals surface area contributed by atoms with Gasteiger partial charge in [0.15, 0.2) is 0 Å². The number of amidine groups is 1. The number of aromatic nitrogens is 1. The Hall–Kier alpha value is -2.72. The largest absolute Gasteiger partial charge is 0.490 e. The van der Waals surface area contributed by atoms with Crippen LogP contribution in [0.4, 0.5) is 4.39 Å². The van der Waals surface area contributed by atoms with Crippen LogP contribution in [0.3, 0.4) is 0 Å². The van der Waals surface area contributed by atoms with Crippen molar-refractivity contribution in [1.29, 1.82) is 0 Å². The fourth-order valence-electron chi connectivity index (χ4n) is 5.16. The lowest BCUT2D eigenvalue weighted by atomic mass is 9.71. The van der Waals surface area contributed by atoms with E-state index in [9.17, 15) is 12.8 Å². The predicted octanol–water partition coefficient (Wildman–Crippen LogP) is 2.50. The molecule has 3 aliphatic rings. The van der Waals surface area contributed by atoms with E-state index < -0.39 is 21.5 Å². The SMILES string of the molecule is CC(C)CS(=O)(=O)N1CCC2Oc3ccc(-c4cccnc4F)cc3[C@]3(COC(N)=N3)[C@H]2C1. The van der Waals surface area contributed by atoms with Crippen LogP contribution < -0.4 is 10.5 Å². The third-order valence-corrected chi connectivity index (χ3v) is 8.81. The van der Waals surface area contributed by atoms with E-state index in [0.29, 0.717) is 35.4 Å². The maximum Gasteiger partial charge on any atom is 0.283 e. The molecule has 1 unspecified atom stereocenters. The summed E-state index contributed by atoms with van der Waals surface area (Å²) in [6.45, 7) is 4.60. The molecule has 0 bridgehead atoms. The van der Waals surface area contributed by atoms with E-state index in [1.807, 2.05) is 19.9 Å². The number of nitrogens with zero attached hydrogens (tertiary/aromatic N) is 3.